The van der Waals surface area contributed by atoms with Crippen LogP contribution in [0.4, 0.5) is 0 Å². The van der Waals surface area contributed by atoms with E-state index in [1.807, 2.05) is 26.8 Å². The van der Waals surface area contributed by atoms with E-state index in [1.54, 1.807) is 0 Å². The molecule has 0 fully saturated rings. The van der Waals surface area contributed by atoms with Crippen molar-refractivity contribution in [3.8, 4) is 39.1 Å². The SMILES string of the molecule is C=C/C=C(\C=C/C)n1c2ccccc2c2cc(-c3ccc4oc(C)c(-c5c(C)oc6ccc(-c7ccc8c(c7)c7ccccc7n8-c7ccccc7)cc56)c4c3)ccc21.CC. The van der Waals surface area contributed by atoms with Crippen molar-refractivity contribution in [3.05, 3.63) is 194 Å². The number of allylic oxidation sites excluding steroid dienone is 5. The summed E-state index contributed by atoms with van der Waals surface area (Å²) in [6.07, 6.45) is 8.11. The molecule has 0 saturated heterocycles. The van der Waals surface area contributed by atoms with Gasteiger partial charge in [-0.05, 0) is 128 Å². The number of fused-ring (bicyclic) bond motifs is 8. The molecule has 4 aromatic heterocycles. The Morgan fingerprint density at radius 3 is 1.51 bits per heavy atom. The van der Waals surface area contributed by atoms with Gasteiger partial charge in [-0.2, -0.15) is 0 Å². The molecule has 0 aliphatic rings. The molecule has 0 spiro atoms. The monoisotopic (exact) mass is 790 g/mol. The highest BCUT2D eigenvalue weighted by Gasteiger charge is 2.23. The first kappa shape index (κ1) is 37.7. The Morgan fingerprint density at radius 2 is 0.934 bits per heavy atom. The van der Waals surface area contributed by atoms with Gasteiger partial charge in [-0.1, -0.05) is 111 Å². The molecule has 0 aliphatic heterocycles. The van der Waals surface area contributed by atoms with Gasteiger partial charge in [0.2, 0.25) is 0 Å². The molecule has 11 aromatic rings. The van der Waals surface area contributed by atoms with Gasteiger partial charge in [0.05, 0.1) is 22.1 Å². The Hall–Kier alpha value is -7.56. The lowest BCUT2D eigenvalue weighted by molar-refractivity contribution is 0.574. The van der Waals surface area contributed by atoms with E-state index in [0.29, 0.717) is 0 Å². The molecule has 4 heterocycles. The smallest absolute Gasteiger partial charge is 0.134 e. The first-order valence-corrected chi connectivity index (χ1v) is 21.2. The highest BCUT2D eigenvalue weighted by atomic mass is 16.3. The van der Waals surface area contributed by atoms with Crippen LogP contribution in [0, 0.1) is 13.8 Å². The van der Waals surface area contributed by atoms with Crippen LogP contribution in [-0.4, -0.2) is 9.13 Å². The van der Waals surface area contributed by atoms with E-state index in [4.69, 9.17) is 8.83 Å². The van der Waals surface area contributed by atoms with Crippen molar-refractivity contribution in [2.75, 3.05) is 0 Å². The van der Waals surface area contributed by atoms with E-state index in [1.165, 1.54) is 32.6 Å². The quantitative estimate of drug-likeness (QED) is 0.151. The van der Waals surface area contributed by atoms with Crippen LogP contribution < -0.4 is 0 Å². The predicted molar refractivity (Wildman–Crippen MR) is 260 cm³/mol. The van der Waals surface area contributed by atoms with Crippen molar-refractivity contribution in [2.24, 2.45) is 0 Å². The summed E-state index contributed by atoms with van der Waals surface area (Å²) in [4.78, 5) is 0. The molecule has 0 N–H and O–H groups in total. The van der Waals surface area contributed by atoms with Gasteiger partial charge in [0.1, 0.15) is 22.7 Å². The maximum Gasteiger partial charge on any atom is 0.134 e. The summed E-state index contributed by atoms with van der Waals surface area (Å²) in [6, 6.07) is 54.6. The number of hydrogen-bond acceptors (Lipinski definition) is 2. The van der Waals surface area contributed by atoms with Crippen LogP contribution in [0.1, 0.15) is 32.3 Å². The maximum atomic E-state index is 6.50. The lowest BCUT2D eigenvalue weighted by Gasteiger charge is -2.09. The molecule has 7 aromatic carbocycles. The first-order chi connectivity index (χ1) is 30.0. The summed E-state index contributed by atoms with van der Waals surface area (Å²) in [7, 11) is 0. The fourth-order valence-corrected chi connectivity index (χ4v) is 9.35. The standard InChI is InChI=1S/C55H40N2O2.C2H6/c1-5-14-40(15-6-2)56-48-20-12-10-18-42(48)44-30-36(22-26-50(44)56)38-24-28-52-46(32-38)54(34(3)58-52)55-35(4)59-53-29-25-39(33-47(53)55)37-23-27-51-45(31-37)43-19-11-13-21-49(43)57(51)41-16-8-7-9-17-41;1-2/h5-33H,1H2,2-4H3;1-2H3/b15-6-,40-14+;. The lowest BCUT2D eigenvalue weighted by Crippen LogP contribution is -1.94. The number of benzene rings is 7. The third-order valence-corrected chi connectivity index (χ3v) is 11.9. The van der Waals surface area contributed by atoms with E-state index in [9.17, 15) is 0 Å². The van der Waals surface area contributed by atoms with Crippen LogP contribution in [0.3, 0.4) is 0 Å². The lowest BCUT2D eigenvalue weighted by atomic mass is 9.94. The van der Waals surface area contributed by atoms with Crippen molar-refractivity contribution in [1.29, 1.82) is 0 Å². The molecule has 61 heavy (non-hydrogen) atoms. The second-order valence-electron chi connectivity index (χ2n) is 15.3. The molecule has 0 unspecified atom stereocenters. The van der Waals surface area contributed by atoms with Gasteiger partial charge in [0.25, 0.3) is 0 Å². The number of hydrogen-bond donors (Lipinski definition) is 0. The predicted octanol–water partition coefficient (Wildman–Crippen LogP) is 16.6. The highest BCUT2D eigenvalue weighted by molar-refractivity contribution is 6.13. The summed E-state index contributed by atoms with van der Waals surface area (Å²) < 4.78 is 17.7. The number of para-hydroxylation sites is 3. The molecule has 0 amide bonds. The molecule has 296 valence electrons. The van der Waals surface area contributed by atoms with Crippen LogP contribution in [0.2, 0.25) is 0 Å². The van der Waals surface area contributed by atoms with E-state index >= 15 is 0 Å². The highest BCUT2D eigenvalue weighted by Crippen LogP contribution is 2.45. The zero-order valence-corrected chi connectivity index (χ0v) is 35.2. The van der Waals surface area contributed by atoms with Gasteiger partial charge in [0, 0.05) is 54.8 Å². The largest absolute Gasteiger partial charge is 0.461 e. The van der Waals surface area contributed by atoms with Crippen molar-refractivity contribution >= 4 is 71.2 Å². The third-order valence-electron chi connectivity index (χ3n) is 11.9. The third kappa shape index (κ3) is 6.05. The van der Waals surface area contributed by atoms with Crippen LogP contribution in [0.25, 0.3) is 110 Å². The van der Waals surface area contributed by atoms with Crippen LogP contribution in [0.5, 0.6) is 0 Å². The summed E-state index contributed by atoms with van der Waals surface area (Å²) >= 11 is 0. The van der Waals surface area contributed by atoms with Crippen molar-refractivity contribution < 1.29 is 8.83 Å². The number of rotatable bonds is 7. The van der Waals surface area contributed by atoms with Gasteiger partial charge >= 0.3 is 0 Å². The number of nitrogens with zero attached hydrogens (tertiary/aromatic N) is 2. The summed E-state index contributed by atoms with van der Waals surface area (Å²) in [5.74, 6) is 1.74. The van der Waals surface area contributed by atoms with Gasteiger partial charge < -0.3 is 18.0 Å². The number of furan rings is 2. The molecule has 0 radical (unpaired) electrons. The molecule has 0 bridgehead atoms. The van der Waals surface area contributed by atoms with Gasteiger partial charge in [-0.3, -0.25) is 0 Å². The zero-order chi connectivity index (χ0) is 41.8. The minimum Gasteiger partial charge on any atom is -0.461 e. The van der Waals surface area contributed by atoms with Crippen LogP contribution in [-0.2, 0) is 0 Å². The Kier molecular flexibility index (Phi) is 9.41. The van der Waals surface area contributed by atoms with Crippen molar-refractivity contribution in [1.82, 2.24) is 9.13 Å². The Labute approximate surface area is 355 Å². The van der Waals surface area contributed by atoms with Crippen molar-refractivity contribution in [3.63, 3.8) is 0 Å². The Balaban J connectivity index is 0.00000220. The van der Waals surface area contributed by atoms with Crippen molar-refractivity contribution in [2.45, 2.75) is 34.6 Å². The van der Waals surface area contributed by atoms with Gasteiger partial charge in [-0.15, -0.1) is 0 Å². The van der Waals surface area contributed by atoms with E-state index in [-0.39, 0.29) is 0 Å². The molecular weight excluding hydrogens is 745 g/mol. The molecule has 11 rings (SSSR count). The minimum absolute atomic E-state index is 0.856. The maximum absolute atomic E-state index is 6.50. The molecular formula is C57H46N2O2. The van der Waals surface area contributed by atoms with E-state index in [2.05, 4.69) is 199 Å². The van der Waals surface area contributed by atoms with E-state index < -0.39 is 0 Å². The average molecular weight is 791 g/mol. The summed E-state index contributed by atoms with van der Waals surface area (Å²) in [5, 5.41) is 7.01. The zero-order valence-electron chi connectivity index (χ0n) is 35.2. The minimum atomic E-state index is 0.856. The Bertz CT molecular complexity index is 3540. The second kappa shape index (κ2) is 15.2. The summed E-state index contributed by atoms with van der Waals surface area (Å²) in [5.41, 5.74) is 15.3. The number of aryl methyl sites for hydroxylation is 2. The summed E-state index contributed by atoms with van der Waals surface area (Å²) in [6.45, 7) is 14.2. The van der Waals surface area contributed by atoms with E-state index in [0.717, 1.165) is 89.3 Å². The van der Waals surface area contributed by atoms with Gasteiger partial charge in [0.15, 0.2) is 0 Å². The molecule has 0 aliphatic carbocycles. The van der Waals surface area contributed by atoms with Gasteiger partial charge in [-0.25, -0.2) is 0 Å². The molecule has 0 atom stereocenters. The number of aromatic nitrogens is 2. The Morgan fingerprint density at radius 1 is 0.492 bits per heavy atom. The molecule has 4 heteroatoms. The average Bonchev–Trinajstić information content (AvgIpc) is 4.02. The van der Waals surface area contributed by atoms with Crippen LogP contribution in [0.15, 0.2) is 191 Å². The fourth-order valence-electron chi connectivity index (χ4n) is 9.35. The topological polar surface area (TPSA) is 36.1 Å². The molecule has 4 nitrogen and oxygen atoms in total. The normalized spacial score (nSPS) is 12.1. The molecule has 0 saturated carbocycles. The second-order valence-corrected chi connectivity index (χ2v) is 15.3. The fraction of sp³-hybridized carbons (Fsp3) is 0.0877. The first-order valence-electron chi connectivity index (χ1n) is 21.2. The van der Waals surface area contributed by atoms with Crippen LogP contribution >= 0.6 is 0 Å².